The minimum Gasteiger partial charge on any atom is -0.453 e. The van der Waals surface area contributed by atoms with Gasteiger partial charge in [-0.1, -0.05) is 135 Å². The average molecular weight is 657 g/mol. The second kappa shape index (κ2) is 11.1. The van der Waals surface area contributed by atoms with Crippen LogP contribution >= 0.6 is 0 Å². The van der Waals surface area contributed by atoms with Crippen LogP contribution in [0.15, 0.2) is 164 Å². The van der Waals surface area contributed by atoms with Crippen LogP contribution in [0.25, 0.3) is 32.7 Å². The number of anilines is 6. The lowest BCUT2D eigenvalue weighted by Crippen LogP contribution is -2.34. The van der Waals surface area contributed by atoms with E-state index < -0.39 is 0 Å². The van der Waals surface area contributed by atoms with Gasteiger partial charge in [-0.3, -0.25) is 0 Å². The Morgan fingerprint density at radius 1 is 0.529 bits per heavy atom. The molecule has 0 saturated carbocycles. The number of hydrogen-bond acceptors (Lipinski definition) is 3. The van der Waals surface area contributed by atoms with E-state index >= 15 is 0 Å². The summed E-state index contributed by atoms with van der Waals surface area (Å²) in [6.07, 6.45) is 0. The molecule has 8 aromatic carbocycles. The maximum atomic E-state index is 6.79. The lowest BCUT2D eigenvalue weighted by Gasteiger charge is -2.47. The number of para-hydroxylation sites is 2. The van der Waals surface area contributed by atoms with Gasteiger partial charge in [0.15, 0.2) is 11.5 Å². The molecule has 0 unspecified atom stereocenters. The summed E-state index contributed by atoms with van der Waals surface area (Å²) in [4.78, 5) is 4.94. The zero-order chi connectivity index (χ0) is 34.3. The number of aryl methyl sites for hydroxylation is 1. The highest BCUT2D eigenvalue weighted by molar-refractivity contribution is 6.15. The Hall–Kier alpha value is -6.32. The Bertz CT molecular complexity index is 2660. The molecule has 0 saturated heterocycles. The summed E-state index contributed by atoms with van der Waals surface area (Å²) in [7, 11) is 0. The third-order valence-electron chi connectivity index (χ3n) is 10.9. The van der Waals surface area contributed by atoms with Crippen molar-refractivity contribution >= 4 is 55.7 Å². The van der Waals surface area contributed by atoms with E-state index in [1.54, 1.807) is 0 Å². The molecule has 0 bridgehead atoms. The van der Waals surface area contributed by atoms with Gasteiger partial charge in [-0.15, -0.1) is 0 Å². The van der Waals surface area contributed by atoms with Crippen molar-refractivity contribution in [1.82, 2.24) is 0 Å². The summed E-state index contributed by atoms with van der Waals surface area (Å²) in [5.74, 6) is 1.75. The van der Waals surface area contributed by atoms with Crippen molar-refractivity contribution in [3.8, 4) is 22.6 Å². The van der Waals surface area contributed by atoms with E-state index in [4.69, 9.17) is 4.74 Å². The lowest BCUT2D eigenvalue weighted by molar-refractivity contribution is 0.471. The molecule has 0 N–H and O–H groups in total. The van der Waals surface area contributed by atoms with Crippen molar-refractivity contribution in [3.05, 3.63) is 180 Å². The maximum absolute atomic E-state index is 6.79. The molecule has 0 fully saturated rings. The summed E-state index contributed by atoms with van der Waals surface area (Å²) < 4.78 is 6.79. The van der Waals surface area contributed by atoms with E-state index in [0.717, 1.165) is 39.9 Å². The highest BCUT2D eigenvalue weighted by atomic mass is 16.5. The second-order valence-electron chi connectivity index (χ2n) is 14.2. The standard InChI is InChI=1S/C48H36N2O/c1-31-14-13-23-43-46(31)50-40-22-12-11-21-39(40)48(2,3)45-41(28-29-44(51-43)47(45)50)49(35-26-24-33(25-27-35)32-15-5-4-6-16-32)42-30-34-17-7-8-18-36(34)37-19-9-10-20-38(37)42/h4-30H,1-3H3. The van der Waals surface area contributed by atoms with Crippen molar-refractivity contribution in [2.75, 3.05) is 9.80 Å². The quantitative estimate of drug-likeness (QED) is 0.175. The summed E-state index contributed by atoms with van der Waals surface area (Å²) in [5, 5.41) is 4.91. The van der Waals surface area contributed by atoms with Crippen molar-refractivity contribution < 1.29 is 4.74 Å². The number of nitrogens with zero attached hydrogens (tertiary/aromatic N) is 2. The van der Waals surface area contributed by atoms with Gasteiger partial charge in [-0.05, 0) is 87.8 Å². The molecule has 0 aliphatic carbocycles. The van der Waals surface area contributed by atoms with Gasteiger partial charge in [0.25, 0.3) is 0 Å². The Morgan fingerprint density at radius 2 is 1.20 bits per heavy atom. The number of benzene rings is 8. The van der Waals surface area contributed by atoms with E-state index in [1.165, 1.54) is 55.0 Å². The predicted octanol–water partition coefficient (Wildman–Crippen LogP) is 13.7. The van der Waals surface area contributed by atoms with Crippen LogP contribution in [0.3, 0.4) is 0 Å². The largest absolute Gasteiger partial charge is 0.453 e. The van der Waals surface area contributed by atoms with Crippen molar-refractivity contribution in [2.24, 2.45) is 0 Å². The molecule has 0 amide bonds. The molecule has 2 heterocycles. The van der Waals surface area contributed by atoms with E-state index in [1.807, 2.05) is 0 Å². The molecule has 0 aromatic heterocycles. The normalized spacial score (nSPS) is 13.7. The molecular formula is C48H36N2O. The van der Waals surface area contributed by atoms with Crippen molar-refractivity contribution in [1.29, 1.82) is 0 Å². The minimum atomic E-state index is -0.355. The van der Waals surface area contributed by atoms with Crippen LogP contribution in [0, 0.1) is 6.92 Å². The summed E-state index contributed by atoms with van der Waals surface area (Å²) in [6, 6.07) is 59.3. The molecule has 0 atom stereocenters. The molecule has 51 heavy (non-hydrogen) atoms. The molecule has 10 rings (SSSR count). The first kappa shape index (κ1) is 29.6. The van der Waals surface area contributed by atoms with Crippen LogP contribution in [-0.4, -0.2) is 0 Å². The zero-order valence-corrected chi connectivity index (χ0v) is 28.9. The minimum absolute atomic E-state index is 0.355. The van der Waals surface area contributed by atoms with Crippen molar-refractivity contribution in [3.63, 3.8) is 0 Å². The van der Waals surface area contributed by atoms with Crippen LogP contribution in [0.4, 0.5) is 34.1 Å². The fourth-order valence-corrected chi connectivity index (χ4v) is 8.53. The molecule has 8 aromatic rings. The first-order chi connectivity index (χ1) is 25.0. The summed E-state index contributed by atoms with van der Waals surface area (Å²) in [6.45, 7) is 6.91. The second-order valence-corrected chi connectivity index (χ2v) is 14.2. The Kier molecular flexibility index (Phi) is 6.44. The van der Waals surface area contributed by atoms with Gasteiger partial charge in [0, 0.05) is 22.1 Å². The van der Waals surface area contributed by atoms with Gasteiger partial charge in [-0.25, -0.2) is 0 Å². The smallest absolute Gasteiger partial charge is 0.152 e. The fraction of sp³-hybridized carbons (Fsp3) is 0.0833. The van der Waals surface area contributed by atoms with Crippen LogP contribution in [0.2, 0.25) is 0 Å². The first-order valence-corrected chi connectivity index (χ1v) is 17.7. The third-order valence-corrected chi connectivity index (χ3v) is 10.9. The van der Waals surface area contributed by atoms with E-state index in [0.29, 0.717) is 0 Å². The topological polar surface area (TPSA) is 15.7 Å². The monoisotopic (exact) mass is 656 g/mol. The van der Waals surface area contributed by atoms with E-state index in [2.05, 4.69) is 194 Å². The fourth-order valence-electron chi connectivity index (χ4n) is 8.53. The maximum Gasteiger partial charge on any atom is 0.152 e. The highest BCUT2D eigenvalue weighted by Gasteiger charge is 2.44. The number of ether oxygens (including phenoxy) is 1. The average Bonchev–Trinajstić information content (AvgIpc) is 3.17. The van der Waals surface area contributed by atoms with Crippen LogP contribution in [0.5, 0.6) is 11.5 Å². The lowest BCUT2D eigenvalue weighted by atomic mass is 9.72. The SMILES string of the molecule is Cc1cccc2c1N1c3ccccc3C(C)(C)c3c(N(c4ccc(-c5ccccc5)cc4)c4cc5ccccc5c5ccccc45)ccc(c31)O2. The predicted molar refractivity (Wildman–Crippen MR) is 213 cm³/mol. The molecule has 3 nitrogen and oxygen atoms in total. The number of hydrogen-bond donors (Lipinski definition) is 0. The van der Waals surface area contributed by atoms with Crippen LogP contribution < -0.4 is 14.5 Å². The Labute approximate surface area is 298 Å². The van der Waals surface area contributed by atoms with E-state index in [9.17, 15) is 0 Å². The van der Waals surface area contributed by atoms with Gasteiger partial charge in [-0.2, -0.15) is 0 Å². The number of rotatable bonds is 4. The molecule has 244 valence electrons. The van der Waals surface area contributed by atoms with Gasteiger partial charge in [0.05, 0.1) is 28.4 Å². The highest BCUT2D eigenvalue weighted by Crippen LogP contribution is 2.63. The van der Waals surface area contributed by atoms with Crippen LogP contribution in [0.1, 0.15) is 30.5 Å². The zero-order valence-electron chi connectivity index (χ0n) is 28.9. The van der Waals surface area contributed by atoms with Gasteiger partial charge < -0.3 is 14.5 Å². The van der Waals surface area contributed by atoms with Crippen LogP contribution in [-0.2, 0) is 5.41 Å². The van der Waals surface area contributed by atoms with Gasteiger partial charge in [0.2, 0.25) is 0 Å². The molecule has 2 aliphatic rings. The number of fused-ring (bicyclic) bond motifs is 7. The van der Waals surface area contributed by atoms with E-state index in [-0.39, 0.29) is 5.41 Å². The Balaban J connectivity index is 1.30. The van der Waals surface area contributed by atoms with Crippen molar-refractivity contribution in [2.45, 2.75) is 26.2 Å². The molecule has 0 radical (unpaired) electrons. The molecule has 0 spiro atoms. The Morgan fingerprint density at radius 3 is 2.02 bits per heavy atom. The summed E-state index contributed by atoms with van der Waals surface area (Å²) >= 11 is 0. The van der Waals surface area contributed by atoms with Gasteiger partial charge in [0.1, 0.15) is 0 Å². The van der Waals surface area contributed by atoms with Gasteiger partial charge >= 0.3 is 0 Å². The first-order valence-electron chi connectivity index (χ1n) is 17.7. The molecule has 3 heteroatoms. The third kappa shape index (κ3) is 4.38. The molecule has 2 aliphatic heterocycles. The summed E-state index contributed by atoms with van der Waals surface area (Å²) in [5.41, 5.74) is 12.5. The molecular weight excluding hydrogens is 621 g/mol.